The Kier molecular flexibility index (Phi) is 6.62. The summed E-state index contributed by atoms with van der Waals surface area (Å²) in [5.41, 5.74) is 2.65. The number of hydrogen-bond donors (Lipinski definition) is 3. The Morgan fingerprint density at radius 2 is 1.86 bits per heavy atom. The van der Waals surface area contributed by atoms with Crippen LogP contribution < -0.4 is 5.73 Å². The number of nitrogen functional groups attached to an aromatic ring is 1. The van der Waals surface area contributed by atoms with E-state index in [0.29, 0.717) is 30.8 Å². The van der Waals surface area contributed by atoms with Crippen molar-refractivity contribution in [3.8, 4) is 0 Å². The topological polar surface area (TPSA) is 133 Å². The lowest BCUT2D eigenvalue weighted by Gasteiger charge is -2.70. The molecule has 232 valence electrons. The largest absolute Gasteiger partial charge is 0.461 e. The fourth-order valence-corrected chi connectivity index (χ4v) is 12.0. The molecule has 6 aliphatic rings. The first kappa shape index (κ1) is 29.0. The molecular weight excluding hydrogens is 540 g/mol. The lowest BCUT2D eigenvalue weighted by Crippen LogP contribution is -2.82. The first-order chi connectivity index (χ1) is 20.1. The highest BCUT2D eigenvalue weighted by Crippen LogP contribution is 2.80. The van der Waals surface area contributed by atoms with Crippen LogP contribution in [0.5, 0.6) is 0 Å². The van der Waals surface area contributed by atoms with E-state index in [-0.39, 0.29) is 48.6 Å². The number of para-hydroxylation sites is 1. The standard InChI is InChI=1S/C32H46N2O8/c1-6-34-15-29(16-42-27(35)17-9-7-8-10-20(17)33)12-11-22(39-3)31-19-13-18-21(38-2)14-30(36,23(19)24(18)40-4)32(37,28(31)34)26(41-5)25(29)31/h7-10,18-19,21-26,28,36-37H,6,11-16,33H2,1-5H3/t18-,19+,21-,22-,23+,24-,25+,26-,28-,29-,30+,31-,32-/m0/s1. The van der Waals surface area contributed by atoms with E-state index in [4.69, 9.17) is 29.4 Å². The van der Waals surface area contributed by atoms with Crippen molar-refractivity contribution in [3.05, 3.63) is 29.8 Å². The molecule has 6 fully saturated rings. The summed E-state index contributed by atoms with van der Waals surface area (Å²) < 4.78 is 31.1. The molecule has 13 atom stereocenters. The van der Waals surface area contributed by atoms with Crippen LogP contribution in [0.25, 0.3) is 0 Å². The molecule has 42 heavy (non-hydrogen) atoms. The third kappa shape index (κ3) is 3.12. The Bertz CT molecular complexity index is 1250. The van der Waals surface area contributed by atoms with Gasteiger partial charge in [0.2, 0.25) is 0 Å². The second-order valence-corrected chi connectivity index (χ2v) is 13.8. The van der Waals surface area contributed by atoms with Gasteiger partial charge in [0.1, 0.15) is 11.2 Å². The number of fused-ring (bicyclic) bond motifs is 2. The number of aliphatic hydroxyl groups is 2. The van der Waals surface area contributed by atoms with E-state index >= 15 is 0 Å². The average molecular weight is 587 g/mol. The quantitative estimate of drug-likeness (QED) is 0.306. The molecule has 0 aromatic heterocycles. The van der Waals surface area contributed by atoms with Crippen molar-refractivity contribution in [2.24, 2.45) is 34.5 Å². The van der Waals surface area contributed by atoms with Crippen LogP contribution in [-0.2, 0) is 23.7 Å². The number of esters is 1. The molecular formula is C32H46N2O8. The van der Waals surface area contributed by atoms with Crippen LogP contribution in [0.4, 0.5) is 5.69 Å². The summed E-state index contributed by atoms with van der Waals surface area (Å²) in [4.78, 5) is 15.7. The van der Waals surface area contributed by atoms with E-state index in [0.717, 1.165) is 19.3 Å². The number of methoxy groups -OCH3 is 4. The van der Waals surface area contributed by atoms with Gasteiger partial charge >= 0.3 is 5.97 Å². The lowest BCUT2D eigenvalue weighted by atomic mass is 9.42. The molecule has 1 spiro atoms. The van der Waals surface area contributed by atoms with Gasteiger partial charge in [-0.2, -0.15) is 0 Å². The van der Waals surface area contributed by atoms with E-state index in [1.807, 2.05) is 0 Å². The van der Waals surface area contributed by atoms with Crippen LogP contribution in [0.1, 0.15) is 43.0 Å². The van der Waals surface area contributed by atoms with Gasteiger partial charge < -0.3 is 39.6 Å². The predicted molar refractivity (Wildman–Crippen MR) is 153 cm³/mol. The Morgan fingerprint density at radius 3 is 2.50 bits per heavy atom. The van der Waals surface area contributed by atoms with Gasteiger partial charge in [-0.3, -0.25) is 4.90 Å². The smallest absolute Gasteiger partial charge is 0.340 e. The summed E-state index contributed by atoms with van der Waals surface area (Å²) in [5, 5.41) is 26.3. The summed E-state index contributed by atoms with van der Waals surface area (Å²) in [6.45, 7) is 3.54. The van der Waals surface area contributed by atoms with Crippen LogP contribution in [0.15, 0.2) is 24.3 Å². The molecule has 10 heteroatoms. The van der Waals surface area contributed by atoms with Gasteiger partial charge in [-0.1, -0.05) is 19.1 Å². The van der Waals surface area contributed by atoms with E-state index in [1.54, 1.807) is 52.7 Å². The number of likely N-dealkylation sites (tertiary alicyclic amines) is 1. The zero-order valence-electron chi connectivity index (χ0n) is 25.3. The maximum Gasteiger partial charge on any atom is 0.340 e. The molecule has 1 aliphatic heterocycles. The van der Waals surface area contributed by atoms with Crippen LogP contribution in [0.2, 0.25) is 0 Å². The number of benzene rings is 1. The van der Waals surface area contributed by atoms with E-state index in [2.05, 4.69) is 11.8 Å². The third-order valence-corrected chi connectivity index (χ3v) is 13.0. The normalized spacial score (nSPS) is 50.1. The molecule has 5 saturated carbocycles. The monoisotopic (exact) mass is 586 g/mol. The molecule has 10 nitrogen and oxygen atoms in total. The molecule has 4 N–H and O–H groups in total. The molecule has 1 aromatic rings. The van der Waals surface area contributed by atoms with Crippen molar-refractivity contribution in [1.82, 2.24) is 4.90 Å². The number of carbonyl (C=O) groups is 1. The minimum absolute atomic E-state index is 0.00697. The molecule has 1 aromatic carbocycles. The zero-order chi connectivity index (χ0) is 29.8. The van der Waals surface area contributed by atoms with Gasteiger partial charge in [-0.25, -0.2) is 4.79 Å². The number of nitrogens with two attached hydrogens (primary N) is 1. The molecule has 1 heterocycles. The van der Waals surface area contributed by atoms with Gasteiger partial charge in [0.05, 0.1) is 42.6 Å². The molecule has 1 saturated heterocycles. The number of carbonyl (C=O) groups excluding carboxylic acids is 1. The van der Waals surface area contributed by atoms with Crippen molar-refractivity contribution < 1.29 is 38.7 Å². The Balaban J connectivity index is 1.41. The summed E-state index contributed by atoms with van der Waals surface area (Å²) in [6.07, 6.45) is 1.22. The summed E-state index contributed by atoms with van der Waals surface area (Å²) in [7, 11) is 6.80. The summed E-state index contributed by atoms with van der Waals surface area (Å²) >= 11 is 0. The van der Waals surface area contributed by atoms with Gasteiger partial charge in [-0.05, 0) is 43.9 Å². The minimum Gasteiger partial charge on any atom is -0.461 e. The third-order valence-electron chi connectivity index (χ3n) is 13.0. The Morgan fingerprint density at radius 1 is 1.10 bits per heavy atom. The van der Waals surface area contributed by atoms with Crippen molar-refractivity contribution in [3.63, 3.8) is 0 Å². The first-order valence-electron chi connectivity index (χ1n) is 15.5. The van der Waals surface area contributed by atoms with E-state index in [9.17, 15) is 15.0 Å². The summed E-state index contributed by atoms with van der Waals surface area (Å²) in [5.74, 6) is -0.892. The lowest BCUT2D eigenvalue weighted by molar-refractivity contribution is -0.320. The van der Waals surface area contributed by atoms with Crippen LogP contribution >= 0.6 is 0 Å². The molecule has 0 amide bonds. The molecule has 7 rings (SSSR count). The second kappa shape index (κ2) is 9.60. The van der Waals surface area contributed by atoms with E-state index < -0.39 is 40.1 Å². The molecule has 0 unspecified atom stereocenters. The van der Waals surface area contributed by atoms with Crippen LogP contribution in [0, 0.1) is 34.5 Å². The number of nitrogens with zero attached hydrogens (tertiary/aromatic N) is 1. The maximum absolute atomic E-state index is 13.4. The molecule has 5 aliphatic carbocycles. The number of rotatable bonds is 8. The average Bonchev–Trinajstić information content (AvgIpc) is 3.41. The number of hydrogen-bond acceptors (Lipinski definition) is 10. The van der Waals surface area contributed by atoms with Gasteiger partial charge in [0.25, 0.3) is 0 Å². The highest BCUT2D eigenvalue weighted by molar-refractivity contribution is 5.95. The summed E-state index contributed by atoms with van der Waals surface area (Å²) in [6, 6.07) is 6.55. The van der Waals surface area contributed by atoms with Gasteiger partial charge in [0.15, 0.2) is 0 Å². The van der Waals surface area contributed by atoms with Crippen LogP contribution in [-0.4, -0.2) is 111 Å². The zero-order valence-corrected chi connectivity index (χ0v) is 25.3. The predicted octanol–water partition coefficient (Wildman–Crippen LogP) is 1.72. The number of piperidine rings is 1. The highest BCUT2D eigenvalue weighted by Gasteiger charge is 2.91. The Hall–Kier alpha value is -1.79. The number of anilines is 1. The van der Waals surface area contributed by atoms with Crippen molar-refractivity contribution in [2.45, 2.75) is 74.3 Å². The highest BCUT2D eigenvalue weighted by atomic mass is 16.5. The van der Waals surface area contributed by atoms with E-state index in [1.165, 1.54) is 0 Å². The van der Waals surface area contributed by atoms with Crippen LogP contribution in [0.3, 0.4) is 0 Å². The maximum atomic E-state index is 13.4. The Labute approximate surface area is 247 Å². The first-order valence-corrected chi connectivity index (χ1v) is 15.5. The van der Waals surface area contributed by atoms with Crippen molar-refractivity contribution >= 4 is 11.7 Å². The molecule has 0 radical (unpaired) electrons. The SMILES string of the molecule is CCN1C[C@]2(COC(=O)c3ccccc3N)CC[C@H](OC)[C@@]34[C@@H]5C[C@@H]6[C@H](OC)[C@@H]5[C@](O)(C[C@@H]6OC)[C@](O)([C@@H](OC)[C@H]23)[C@@H]14. The van der Waals surface area contributed by atoms with Crippen molar-refractivity contribution in [1.29, 1.82) is 0 Å². The number of ether oxygens (including phenoxy) is 5. The fourth-order valence-electron chi connectivity index (χ4n) is 12.0. The van der Waals surface area contributed by atoms with Crippen molar-refractivity contribution in [2.75, 3.05) is 53.9 Å². The minimum atomic E-state index is -1.62. The van der Waals surface area contributed by atoms with Gasteiger partial charge in [-0.15, -0.1) is 0 Å². The fraction of sp³-hybridized carbons (Fsp3) is 0.781. The molecule has 7 bridgehead atoms. The van der Waals surface area contributed by atoms with Gasteiger partial charge in [0, 0.05) is 75.7 Å². The second-order valence-electron chi connectivity index (χ2n) is 13.8. The number of likely N-dealkylation sites (N-methyl/N-ethyl adjacent to an activating group) is 1.